The molecular weight excluding hydrogens is 340 g/mol. The number of fused-ring (bicyclic) bond motifs is 1. The van der Waals surface area contributed by atoms with Crippen LogP contribution < -0.4 is 5.32 Å². The summed E-state index contributed by atoms with van der Waals surface area (Å²) in [7, 11) is 0. The van der Waals surface area contributed by atoms with Crippen LogP contribution in [-0.2, 0) is 17.8 Å². The number of halogens is 1. The number of hydrogen-bond donors (Lipinski definition) is 2. The van der Waals surface area contributed by atoms with Gasteiger partial charge in [0.05, 0.1) is 23.0 Å². The Labute approximate surface area is 151 Å². The van der Waals surface area contributed by atoms with Crippen LogP contribution in [0.3, 0.4) is 0 Å². The van der Waals surface area contributed by atoms with Crippen LogP contribution in [0, 0.1) is 11.3 Å². The standard InChI is InChI=1S/C18H21ClN4O2/c1-18(2)6-16-21-8-14(23(16)9-18)12-5-15(20-7-13(12)19)22-17(25)10-3-11(24)4-10/h5,7-8,10-11,24H,3-4,6,9H2,1-2H3,(H,20,22,25). The van der Waals surface area contributed by atoms with E-state index in [-0.39, 0.29) is 23.3 Å². The first-order chi connectivity index (χ1) is 11.8. The molecule has 0 atom stereocenters. The van der Waals surface area contributed by atoms with E-state index in [0.717, 1.165) is 30.0 Å². The largest absolute Gasteiger partial charge is 0.393 e. The molecule has 1 fully saturated rings. The van der Waals surface area contributed by atoms with Crippen molar-refractivity contribution in [1.82, 2.24) is 14.5 Å². The molecule has 7 heteroatoms. The van der Waals surface area contributed by atoms with Gasteiger partial charge in [-0.05, 0) is 24.3 Å². The van der Waals surface area contributed by atoms with Crippen LogP contribution in [0.15, 0.2) is 18.5 Å². The summed E-state index contributed by atoms with van der Waals surface area (Å²) < 4.78 is 2.19. The van der Waals surface area contributed by atoms with E-state index < -0.39 is 0 Å². The lowest BCUT2D eigenvalue weighted by atomic mass is 9.82. The predicted octanol–water partition coefficient (Wildman–Crippen LogP) is 2.89. The van der Waals surface area contributed by atoms with E-state index in [1.807, 2.05) is 6.20 Å². The Morgan fingerprint density at radius 1 is 1.36 bits per heavy atom. The highest BCUT2D eigenvalue weighted by Crippen LogP contribution is 2.37. The number of amides is 1. The molecule has 4 rings (SSSR count). The second-order valence-corrected chi connectivity index (χ2v) is 8.25. The highest BCUT2D eigenvalue weighted by molar-refractivity contribution is 6.33. The first kappa shape index (κ1) is 16.5. The SMILES string of the molecule is CC1(C)Cc2ncc(-c3cc(NC(=O)C4CC(O)C4)ncc3Cl)n2C1. The summed E-state index contributed by atoms with van der Waals surface area (Å²) in [5, 5.41) is 12.7. The molecule has 0 bridgehead atoms. The van der Waals surface area contributed by atoms with Crippen LogP contribution in [0.1, 0.15) is 32.5 Å². The van der Waals surface area contributed by atoms with E-state index in [1.165, 1.54) is 0 Å². The molecule has 0 aromatic carbocycles. The molecule has 1 saturated carbocycles. The minimum absolute atomic E-state index is 0.106. The summed E-state index contributed by atoms with van der Waals surface area (Å²) in [4.78, 5) is 20.9. The third-order valence-electron chi connectivity index (χ3n) is 5.03. The van der Waals surface area contributed by atoms with Crippen molar-refractivity contribution in [2.45, 2.75) is 45.8 Å². The predicted molar refractivity (Wildman–Crippen MR) is 95.3 cm³/mol. The van der Waals surface area contributed by atoms with Crippen molar-refractivity contribution in [3.63, 3.8) is 0 Å². The zero-order valence-electron chi connectivity index (χ0n) is 14.3. The molecular formula is C18H21ClN4O2. The fraction of sp³-hybridized carbons (Fsp3) is 0.500. The number of nitrogens with zero attached hydrogens (tertiary/aromatic N) is 3. The Balaban J connectivity index is 1.60. The van der Waals surface area contributed by atoms with Gasteiger partial charge in [0, 0.05) is 30.6 Å². The molecule has 3 heterocycles. The first-order valence-corrected chi connectivity index (χ1v) is 8.89. The Hall–Kier alpha value is -1.92. The number of nitrogens with one attached hydrogen (secondary N) is 1. The zero-order chi connectivity index (χ0) is 17.8. The highest BCUT2D eigenvalue weighted by atomic mass is 35.5. The number of hydrogen-bond acceptors (Lipinski definition) is 4. The number of carbonyl (C=O) groups is 1. The van der Waals surface area contributed by atoms with Crippen LogP contribution in [0.5, 0.6) is 0 Å². The number of aliphatic hydroxyl groups is 1. The number of aromatic nitrogens is 3. The topological polar surface area (TPSA) is 80.0 Å². The van der Waals surface area contributed by atoms with E-state index >= 15 is 0 Å². The Morgan fingerprint density at radius 2 is 2.12 bits per heavy atom. The summed E-state index contributed by atoms with van der Waals surface area (Å²) >= 11 is 6.37. The number of rotatable bonds is 3. The average molecular weight is 361 g/mol. The molecule has 1 aliphatic heterocycles. The summed E-state index contributed by atoms with van der Waals surface area (Å²) in [6.45, 7) is 5.33. The monoisotopic (exact) mass is 360 g/mol. The molecule has 1 aliphatic carbocycles. The van der Waals surface area contributed by atoms with Gasteiger partial charge < -0.3 is 15.0 Å². The van der Waals surface area contributed by atoms with Crippen LogP contribution in [0.25, 0.3) is 11.3 Å². The van der Waals surface area contributed by atoms with Gasteiger partial charge in [0.2, 0.25) is 5.91 Å². The molecule has 132 valence electrons. The van der Waals surface area contributed by atoms with E-state index in [9.17, 15) is 9.90 Å². The molecule has 6 nitrogen and oxygen atoms in total. The van der Waals surface area contributed by atoms with Crippen molar-refractivity contribution in [1.29, 1.82) is 0 Å². The van der Waals surface area contributed by atoms with Crippen LogP contribution in [0.2, 0.25) is 5.02 Å². The summed E-state index contributed by atoms with van der Waals surface area (Å²) in [6, 6.07) is 1.80. The van der Waals surface area contributed by atoms with Gasteiger partial charge in [-0.25, -0.2) is 9.97 Å². The van der Waals surface area contributed by atoms with Crippen molar-refractivity contribution in [2.24, 2.45) is 11.3 Å². The van der Waals surface area contributed by atoms with Crippen molar-refractivity contribution in [3.8, 4) is 11.3 Å². The van der Waals surface area contributed by atoms with Gasteiger partial charge in [0.25, 0.3) is 0 Å². The Kier molecular flexibility index (Phi) is 3.85. The van der Waals surface area contributed by atoms with E-state index in [4.69, 9.17) is 11.6 Å². The maximum absolute atomic E-state index is 12.2. The van der Waals surface area contributed by atoms with E-state index in [0.29, 0.717) is 23.7 Å². The third kappa shape index (κ3) is 3.04. The van der Waals surface area contributed by atoms with Gasteiger partial charge in [-0.15, -0.1) is 0 Å². The minimum atomic E-state index is -0.359. The van der Waals surface area contributed by atoms with Gasteiger partial charge in [-0.1, -0.05) is 25.4 Å². The third-order valence-corrected chi connectivity index (χ3v) is 5.33. The second-order valence-electron chi connectivity index (χ2n) is 7.85. The maximum atomic E-state index is 12.2. The molecule has 2 aromatic rings. The number of imidazole rings is 1. The molecule has 0 spiro atoms. The Bertz CT molecular complexity index is 840. The van der Waals surface area contributed by atoms with Crippen molar-refractivity contribution in [2.75, 3.05) is 5.32 Å². The fourth-order valence-electron chi connectivity index (χ4n) is 3.59. The minimum Gasteiger partial charge on any atom is -0.393 e. The highest BCUT2D eigenvalue weighted by Gasteiger charge is 2.34. The zero-order valence-corrected chi connectivity index (χ0v) is 15.0. The summed E-state index contributed by atoms with van der Waals surface area (Å²) in [5.74, 6) is 1.28. The lowest BCUT2D eigenvalue weighted by Crippen LogP contribution is -2.37. The fourth-order valence-corrected chi connectivity index (χ4v) is 3.79. The maximum Gasteiger partial charge on any atom is 0.228 e. The normalized spacial score (nSPS) is 23.8. The molecule has 0 unspecified atom stereocenters. The lowest BCUT2D eigenvalue weighted by molar-refractivity contribution is -0.126. The number of aliphatic hydroxyl groups excluding tert-OH is 1. The van der Waals surface area contributed by atoms with Gasteiger partial charge in [0.1, 0.15) is 11.6 Å². The molecule has 0 saturated heterocycles. The van der Waals surface area contributed by atoms with Crippen molar-refractivity contribution in [3.05, 3.63) is 29.3 Å². The molecule has 25 heavy (non-hydrogen) atoms. The Morgan fingerprint density at radius 3 is 2.84 bits per heavy atom. The van der Waals surface area contributed by atoms with Crippen LogP contribution in [0.4, 0.5) is 5.82 Å². The van der Waals surface area contributed by atoms with Crippen molar-refractivity contribution >= 4 is 23.3 Å². The van der Waals surface area contributed by atoms with Crippen LogP contribution in [-0.4, -0.2) is 31.7 Å². The van der Waals surface area contributed by atoms with Crippen LogP contribution >= 0.6 is 11.6 Å². The molecule has 2 aromatic heterocycles. The lowest BCUT2D eigenvalue weighted by Gasteiger charge is -2.29. The van der Waals surface area contributed by atoms with Gasteiger partial charge in [-0.3, -0.25) is 4.79 Å². The molecule has 1 amide bonds. The van der Waals surface area contributed by atoms with E-state index in [2.05, 4.69) is 33.7 Å². The van der Waals surface area contributed by atoms with Gasteiger partial charge in [-0.2, -0.15) is 0 Å². The average Bonchev–Trinajstić information content (AvgIpc) is 3.01. The first-order valence-electron chi connectivity index (χ1n) is 8.52. The van der Waals surface area contributed by atoms with Gasteiger partial charge >= 0.3 is 0 Å². The molecule has 0 radical (unpaired) electrons. The molecule has 2 aliphatic rings. The summed E-state index contributed by atoms with van der Waals surface area (Å²) in [6.07, 6.45) is 4.99. The number of carbonyl (C=O) groups excluding carboxylic acids is 1. The smallest absolute Gasteiger partial charge is 0.228 e. The molecule has 2 N–H and O–H groups in total. The number of anilines is 1. The van der Waals surface area contributed by atoms with Gasteiger partial charge in [0.15, 0.2) is 0 Å². The summed E-state index contributed by atoms with van der Waals surface area (Å²) in [5.41, 5.74) is 1.94. The second kappa shape index (κ2) is 5.81. The van der Waals surface area contributed by atoms with E-state index in [1.54, 1.807) is 12.3 Å². The number of pyridine rings is 1. The quantitative estimate of drug-likeness (QED) is 0.882. The van der Waals surface area contributed by atoms with Crippen molar-refractivity contribution < 1.29 is 9.90 Å².